The standard InChI is InChI=1S/C16H16O2/c17-16(18)15(14-9-5-2-6-10-14)12-11-13-7-3-1-4-8-13/h1-10,15H,11-12H2,(H,17,18)/p-1. The van der Waals surface area contributed by atoms with E-state index in [2.05, 4.69) is 0 Å². The summed E-state index contributed by atoms with van der Waals surface area (Å²) in [7, 11) is 0. The van der Waals surface area contributed by atoms with Gasteiger partial charge in [0.05, 0.1) is 0 Å². The molecule has 0 amide bonds. The molecule has 0 aromatic heterocycles. The van der Waals surface area contributed by atoms with Crippen LogP contribution in [0, 0.1) is 0 Å². The van der Waals surface area contributed by atoms with E-state index in [1.807, 2.05) is 60.7 Å². The first-order valence-electron chi connectivity index (χ1n) is 6.07. The third kappa shape index (κ3) is 3.20. The third-order valence-electron chi connectivity index (χ3n) is 3.05. The Bertz CT molecular complexity index is 491. The molecule has 0 aliphatic rings. The molecule has 92 valence electrons. The number of carboxylic acids is 1. The van der Waals surface area contributed by atoms with Crippen LogP contribution >= 0.6 is 0 Å². The van der Waals surface area contributed by atoms with Crippen molar-refractivity contribution in [1.29, 1.82) is 0 Å². The molecular formula is C16H15O2-. The van der Waals surface area contributed by atoms with Crippen LogP contribution in [0.1, 0.15) is 23.5 Å². The summed E-state index contributed by atoms with van der Waals surface area (Å²) in [5, 5.41) is 11.2. The maximum Gasteiger partial charge on any atom is 0.0489 e. The minimum atomic E-state index is -1.00. The molecule has 0 aliphatic heterocycles. The van der Waals surface area contributed by atoms with Crippen LogP contribution in [0.3, 0.4) is 0 Å². The van der Waals surface area contributed by atoms with Crippen molar-refractivity contribution in [1.82, 2.24) is 0 Å². The van der Waals surface area contributed by atoms with Crippen molar-refractivity contribution in [3.63, 3.8) is 0 Å². The Kier molecular flexibility index (Phi) is 4.13. The van der Waals surface area contributed by atoms with Crippen molar-refractivity contribution >= 4 is 5.97 Å². The van der Waals surface area contributed by atoms with Gasteiger partial charge in [-0.1, -0.05) is 60.7 Å². The Labute approximate surface area is 107 Å². The Morgan fingerprint density at radius 3 is 2.06 bits per heavy atom. The number of hydrogen-bond donors (Lipinski definition) is 0. The normalized spacial score (nSPS) is 12.0. The molecule has 0 radical (unpaired) electrons. The molecule has 0 bridgehead atoms. The zero-order valence-electron chi connectivity index (χ0n) is 10.1. The Balaban J connectivity index is 2.06. The van der Waals surface area contributed by atoms with Crippen LogP contribution in [-0.2, 0) is 11.2 Å². The predicted octanol–water partition coefficient (Wildman–Crippen LogP) is 2.15. The smallest absolute Gasteiger partial charge is 0.0489 e. The number of aryl methyl sites for hydroxylation is 1. The second kappa shape index (κ2) is 6.01. The van der Waals surface area contributed by atoms with Gasteiger partial charge in [-0.2, -0.15) is 0 Å². The highest BCUT2D eigenvalue weighted by molar-refractivity contribution is 5.73. The Morgan fingerprint density at radius 1 is 0.944 bits per heavy atom. The summed E-state index contributed by atoms with van der Waals surface area (Å²) in [5.41, 5.74) is 1.97. The summed E-state index contributed by atoms with van der Waals surface area (Å²) < 4.78 is 0. The van der Waals surface area contributed by atoms with Gasteiger partial charge >= 0.3 is 0 Å². The molecule has 0 N–H and O–H groups in total. The van der Waals surface area contributed by atoms with Crippen molar-refractivity contribution in [2.45, 2.75) is 18.8 Å². The Hall–Kier alpha value is -2.09. The van der Waals surface area contributed by atoms with Crippen molar-refractivity contribution in [2.24, 2.45) is 0 Å². The molecule has 0 saturated heterocycles. The maximum absolute atomic E-state index is 11.2. The third-order valence-corrected chi connectivity index (χ3v) is 3.05. The van der Waals surface area contributed by atoms with E-state index in [1.54, 1.807) is 0 Å². The highest BCUT2D eigenvalue weighted by Crippen LogP contribution is 2.21. The minimum Gasteiger partial charge on any atom is -0.549 e. The lowest BCUT2D eigenvalue weighted by molar-refractivity contribution is -0.308. The molecule has 2 aromatic carbocycles. The molecule has 0 heterocycles. The first kappa shape index (κ1) is 12.4. The van der Waals surface area contributed by atoms with Crippen LogP contribution in [0.15, 0.2) is 60.7 Å². The van der Waals surface area contributed by atoms with Gasteiger partial charge in [-0.05, 0) is 24.0 Å². The molecule has 0 saturated carbocycles. The number of carbonyl (C=O) groups excluding carboxylic acids is 1. The van der Waals surface area contributed by atoms with Gasteiger partial charge in [0.1, 0.15) is 0 Å². The van der Waals surface area contributed by atoms with Gasteiger partial charge in [0.2, 0.25) is 0 Å². The van der Waals surface area contributed by atoms with E-state index in [4.69, 9.17) is 0 Å². The van der Waals surface area contributed by atoms with E-state index in [0.29, 0.717) is 6.42 Å². The van der Waals surface area contributed by atoms with Gasteiger partial charge in [0, 0.05) is 11.9 Å². The average Bonchev–Trinajstić information content (AvgIpc) is 2.41. The van der Waals surface area contributed by atoms with E-state index >= 15 is 0 Å². The lowest BCUT2D eigenvalue weighted by atomic mass is 9.92. The second-order valence-corrected chi connectivity index (χ2v) is 4.31. The molecule has 2 aromatic rings. The van der Waals surface area contributed by atoms with E-state index in [-0.39, 0.29) is 0 Å². The number of benzene rings is 2. The fourth-order valence-corrected chi connectivity index (χ4v) is 2.06. The lowest BCUT2D eigenvalue weighted by Gasteiger charge is -2.18. The highest BCUT2D eigenvalue weighted by atomic mass is 16.4. The van der Waals surface area contributed by atoms with Gasteiger partial charge in [-0.25, -0.2) is 0 Å². The Morgan fingerprint density at radius 2 is 1.50 bits per heavy atom. The van der Waals surface area contributed by atoms with E-state index in [1.165, 1.54) is 0 Å². The summed E-state index contributed by atoms with van der Waals surface area (Å²) in [4.78, 5) is 11.2. The maximum atomic E-state index is 11.2. The first-order valence-corrected chi connectivity index (χ1v) is 6.07. The molecule has 2 heteroatoms. The van der Waals surface area contributed by atoms with Crippen LogP contribution in [0.5, 0.6) is 0 Å². The largest absolute Gasteiger partial charge is 0.549 e. The molecular weight excluding hydrogens is 224 g/mol. The monoisotopic (exact) mass is 239 g/mol. The summed E-state index contributed by atoms with van der Waals surface area (Å²) in [6.45, 7) is 0. The molecule has 0 fully saturated rings. The van der Waals surface area contributed by atoms with Crippen LogP contribution in [0.25, 0.3) is 0 Å². The van der Waals surface area contributed by atoms with Gasteiger partial charge in [0.15, 0.2) is 0 Å². The molecule has 2 nitrogen and oxygen atoms in total. The number of carbonyl (C=O) groups is 1. The molecule has 2 rings (SSSR count). The lowest BCUT2D eigenvalue weighted by Crippen LogP contribution is -2.30. The molecule has 0 spiro atoms. The molecule has 1 unspecified atom stereocenters. The zero-order chi connectivity index (χ0) is 12.8. The SMILES string of the molecule is O=C([O-])C(CCc1ccccc1)c1ccccc1. The number of rotatable bonds is 5. The van der Waals surface area contributed by atoms with Crippen LogP contribution in [-0.4, -0.2) is 5.97 Å². The van der Waals surface area contributed by atoms with Crippen molar-refractivity contribution in [3.05, 3.63) is 71.8 Å². The quantitative estimate of drug-likeness (QED) is 0.802. The summed E-state index contributed by atoms with van der Waals surface area (Å²) >= 11 is 0. The van der Waals surface area contributed by atoms with Gasteiger partial charge in [-0.3, -0.25) is 0 Å². The fourth-order valence-electron chi connectivity index (χ4n) is 2.06. The van der Waals surface area contributed by atoms with E-state index < -0.39 is 11.9 Å². The zero-order valence-corrected chi connectivity index (χ0v) is 10.1. The van der Waals surface area contributed by atoms with Gasteiger partial charge in [0.25, 0.3) is 0 Å². The van der Waals surface area contributed by atoms with Crippen molar-refractivity contribution in [3.8, 4) is 0 Å². The van der Waals surface area contributed by atoms with Crippen molar-refractivity contribution in [2.75, 3.05) is 0 Å². The molecule has 0 aliphatic carbocycles. The second-order valence-electron chi connectivity index (χ2n) is 4.31. The molecule has 1 atom stereocenters. The van der Waals surface area contributed by atoms with Gasteiger partial charge in [-0.15, -0.1) is 0 Å². The molecule has 18 heavy (non-hydrogen) atoms. The number of carboxylic acid groups (broad SMARTS) is 1. The van der Waals surface area contributed by atoms with Crippen LogP contribution < -0.4 is 5.11 Å². The van der Waals surface area contributed by atoms with Gasteiger partial charge < -0.3 is 9.90 Å². The van der Waals surface area contributed by atoms with Crippen LogP contribution in [0.2, 0.25) is 0 Å². The highest BCUT2D eigenvalue weighted by Gasteiger charge is 2.12. The van der Waals surface area contributed by atoms with E-state index in [9.17, 15) is 9.90 Å². The summed E-state index contributed by atoms with van der Waals surface area (Å²) in [5.74, 6) is -1.54. The summed E-state index contributed by atoms with van der Waals surface area (Å²) in [6, 6.07) is 19.2. The number of aliphatic carboxylic acids is 1. The first-order chi connectivity index (χ1) is 8.77. The topological polar surface area (TPSA) is 40.1 Å². The summed E-state index contributed by atoms with van der Waals surface area (Å²) in [6.07, 6.45) is 1.31. The fraction of sp³-hybridized carbons (Fsp3) is 0.188. The van der Waals surface area contributed by atoms with E-state index in [0.717, 1.165) is 17.5 Å². The van der Waals surface area contributed by atoms with Crippen molar-refractivity contribution < 1.29 is 9.90 Å². The minimum absolute atomic E-state index is 0.536. The predicted molar refractivity (Wildman–Crippen MR) is 69.0 cm³/mol. The number of hydrogen-bond acceptors (Lipinski definition) is 2. The van der Waals surface area contributed by atoms with Crippen LogP contribution in [0.4, 0.5) is 0 Å². The average molecular weight is 239 g/mol.